The lowest BCUT2D eigenvalue weighted by Crippen LogP contribution is -2.44. The number of hydrogen-bond acceptors (Lipinski definition) is 5. The third-order valence-electron chi connectivity index (χ3n) is 6.63. The molecule has 2 aromatic carbocycles. The first-order valence-corrected chi connectivity index (χ1v) is 11.9. The number of nitrogens with zero attached hydrogens (tertiary/aromatic N) is 4. The molecule has 0 aliphatic carbocycles. The average Bonchev–Trinajstić information content (AvgIpc) is 2.94. The number of aliphatic imine (C=N–C) groups is 1. The van der Waals surface area contributed by atoms with E-state index in [1.807, 2.05) is 0 Å². The van der Waals surface area contributed by atoms with Crippen molar-refractivity contribution in [3.8, 4) is 5.75 Å². The zero-order valence-electron chi connectivity index (χ0n) is 20.3. The van der Waals surface area contributed by atoms with Gasteiger partial charge in [-0.3, -0.25) is 23.7 Å². The van der Waals surface area contributed by atoms with E-state index in [-0.39, 0.29) is 23.7 Å². The zero-order chi connectivity index (χ0) is 26.5. The number of hydrogen-bond donors (Lipinski definition) is 0. The van der Waals surface area contributed by atoms with Crippen molar-refractivity contribution in [1.82, 2.24) is 14.0 Å². The van der Waals surface area contributed by atoms with Gasteiger partial charge in [0.05, 0.1) is 23.1 Å². The highest BCUT2D eigenvalue weighted by atomic mass is 19.1. The highest BCUT2D eigenvalue weighted by Crippen LogP contribution is 2.27. The van der Waals surface area contributed by atoms with E-state index < -0.39 is 30.7 Å². The summed E-state index contributed by atoms with van der Waals surface area (Å²) in [4.78, 5) is 44.2. The van der Waals surface area contributed by atoms with Gasteiger partial charge in [-0.05, 0) is 55.0 Å². The topological polar surface area (TPSA) is 85.9 Å². The predicted octanol–water partition coefficient (Wildman–Crippen LogP) is 3.67. The van der Waals surface area contributed by atoms with Gasteiger partial charge in [0.15, 0.2) is 6.10 Å². The second-order valence-corrected chi connectivity index (χ2v) is 8.90. The van der Waals surface area contributed by atoms with Crippen LogP contribution in [0.2, 0.25) is 0 Å². The van der Waals surface area contributed by atoms with E-state index in [0.717, 1.165) is 16.5 Å². The van der Waals surface area contributed by atoms with Gasteiger partial charge in [0.1, 0.15) is 19.1 Å². The number of carbonyl (C=O) groups excluding carboxylic acids is 1. The number of piperidine rings is 1. The first-order chi connectivity index (χ1) is 17.9. The van der Waals surface area contributed by atoms with Gasteiger partial charge >= 0.3 is 5.69 Å². The summed E-state index contributed by atoms with van der Waals surface area (Å²) in [6.45, 7) is 6.22. The number of carbonyl (C=O) groups is 1. The van der Waals surface area contributed by atoms with Gasteiger partial charge in [-0.25, -0.2) is 13.6 Å². The summed E-state index contributed by atoms with van der Waals surface area (Å²) in [6.07, 6.45) is 2.21. The Hall–Kier alpha value is -4.08. The zero-order valence-corrected chi connectivity index (χ0v) is 20.3. The van der Waals surface area contributed by atoms with Gasteiger partial charge in [0.25, 0.3) is 5.56 Å². The summed E-state index contributed by atoms with van der Waals surface area (Å²) in [5, 5.41) is 0.191. The lowest BCUT2D eigenvalue weighted by Gasteiger charge is -2.31. The fraction of sp³-hybridized carbons (Fsp3) is 0.333. The van der Waals surface area contributed by atoms with Crippen LogP contribution in [0.15, 0.2) is 57.6 Å². The molecule has 1 aromatic heterocycles. The van der Waals surface area contributed by atoms with Gasteiger partial charge in [-0.1, -0.05) is 24.8 Å². The molecule has 1 aliphatic heterocycles. The Bertz CT molecular complexity index is 1440. The Balaban J connectivity index is 1.87. The summed E-state index contributed by atoms with van der Waals surface area (Å²) < 4.78 is 34.2. The monoisotopic (exact) mass is 510 g/mol. The normalized spacial score (nSPS) is 14.2. The lowest BCUT2D eigenvalue weighted by atomic mass is 10.0. The minimum absolute atomic E-state index is 0.0244. The van der Waals surface area contributed by atoms with Crippen LogP contribution in [0.1, 0.15) is 30.0 Å². The van der Waals surface area contributed by atoms with Gasteiger partial charge in [-0.2, -0.15) is 0 Å². The summed E-state index contributed by atoms with van der Waals surface area (Å²) in [5.41, 5.74) is 1.36. The first-order valence-electron chi connectivity index (χ1n) is 11.9. The maximum atomic E-state index is 13.8. The molecule has 0 spiro atoms. The van der Waals surface area contributed by atoms with Crippen molar-refractivity contribution < 1.29 is 18.3 Å². The number of benzene rings is 2. The van der Waals surface area contributed by atoms with Crippen LogP contribution in [0.3, 0.4) is 0 Å². The van der Waals surface area contributed by atoms with Crippen LogP contribution < -0.4 is 16.0 Å². The average molecular weight is 511 g/mol. The SMILES string of the molecule is C=Cc1ccc(Cn2c(=O)c3cc(OC(CF)CF)ccc3n(C3CCN(C=O)CC3)c2=O)cc1N=C. The first kappa shape index (κ1) is 26.0. The smallest absolute Gasteiger partial charge is 0.332 e. The quantitative estimate of drug-likeness (QED) is 0.308. The minimum Gasteiger partial charge on any atom is -0.485 e. The molecule has 4 rings (SSSR count). The molecule has 0 bridgehead atoms. The number of likely N-dealkylation sites (tertiary alicyclic amines) is 1. The number of amides is 1. The van der Waals surface area contributed by atoms with Crippen LogP contribution in [0.4, 0.5) is 14.5 Å². The lowest BCUT2D eigenvalue weighted by molar-refractivity contribution is -0.119. The van der Waals surface area contributed by atoms with Crippen molar-refractivity contribution in [1.29, 1.82) is 0 Å². The summed E-state index contributed by atoms with van der Waals surface area (Å²) in [7, 11) is 0. The summed E-state index contributed by atoms with van der Waals surface area (Å²) in [5.74, 6) is 0.130. The number of rotatable bonds is 10. The Morgan fingerprint density at radius 2 is 1.84 bits per heavy atom. The fourth-order valence-corrected chi connectivity index (χ4v) is 4.65. The number of ether oxygens (including phenoxy) is 1. The highest BCUT2D eigenvalue weighted by molar-refractivity contribution is 5.80. The van der Waals surface area contributed by atoms with Crippen LogP contribution in [-0.4, -0.2) is 59.7 Å². The molecule has 37 heavy (non-hydrogen) atoms. The maximum absolute atomic E-state index is 13.8. The molecule has 0 saturated carbocycles. The number of fused-ring (bicyclic) bond motifs is 1. The van der Waals surface area contributed by atoms with Gasteiger partial charge < -0.3 is 9.64 Å². The van der Waals surface area contributed by atoms with Crippen LogP contribution in [-0.2, 0) is 11.3 Å². The third kappa shape index (κ3) is 5.23. The standard InChI is InChI=1S/C27H28F2N4O4/c1-3-19-5-4-18(12-24(19)30-2)16-32-26(35)23-13-21(37-22(14-28)15-29)6-7-25(23)33(27(32)36)20-8-10-31(17-34)11-9-20/h3-7,12-13,17,20,22H,1-2,8-11,14-16H2. The molecule has 8 nitrogen and oxygen atoms in total. The van der Waals surface area contributed by atoms with Gasteiger partial charge in [0, 0.05) is 19.1 Å². The van der Waals surface area contributed by atoms with Crippen LogP contribution in [0.25, 0.3) is 17.0 Å². The summed E-state index contributed by atoms with van der Waals surface area (Å²) >= 11 is 0. The molecule has 0 unspecified atom stereocenters. The molecule has 3 aromatic rings. The predicted molar refractivity (Wildman–Crippen MR) is 140 cm³/mol. The Kier molecular flexibility index (Phi) is 7.95. The Labute approximate surface area is 212 Å². The second kappa shape index (κ2) is 11.3. The Morgan fingerprint density at radius 3 is 2.46 bits per heavy atom. The van der Waals surface area contributed by atoms with Crippen LogP contribution in [0, 0.1) is 0 Å². The molecular formula is C27H28F2N4O4. The molecule has 10 heteroatoms. The fourth-order valence-electron chi connectivity index (χ4n) is 4.65. The molecular weight excluding hydrogens is 482 g/mol. The summed E-state index contributed by atoms with van der Waals surface area (Å²) in [6, 6.07) is 9.53. The largest absolute Gasteiger partial charge is 0.485 e. The van der Waals surface area contributed by atoms with Crippen molar-refractivity contribution in [3.63, 3.8) is 0 Å². The van der Waals surface area contributed by atoms with Crippen molar-refractivity contribution in [3.05, 3.63) is 74.9 Å². The van der Waals surface area contributed by atoms with E-state index in [1.54, 1.807) is 39.8 Å². The van der Waals surface area contributed by atoms with E-state index in [4.69, 9.17) is 4.74 Å². The van der Waals surface area contributed by atoms with Crippen LogP contribution in [0.5, 0.6) is 5.75 Å². The van der Waals surface area contributed by atoms with Crippen molar-refractivity contribution in [2.45, 2.75) is 31.5 Å². The van der Waals surface area contributed by atoms with Gasteiger partial charge in [-0.15, -0.1) is 0 Å². The minimum atomic E-state index is -1.29. The molecule has 0 N–H and O–H groups in total. The molecule has 1 fully saturated rings. The van der Waals surface area contributed by atoms with E-state index in [1.165, 1.54) is 12.1 Å². The van der Waals surface area contributed by atoms with Gasteiger partial charge in [0.2, 0.25) is 6.41 Å². The highest BCUT2D eigenvalue weighted by Gasteiger charge is 2.25. The molecule has 194 valence electrons. The molecule has 2 heterocycles. The second-order valence-electron chi connectivity index (χ2n) is 8.90. The molecule has 1 amide bonds. The maximum Gasteiger partial charge on any atom is 0.332 e. The molecule has 0 radical (unpaired) electrons. The van der Waals surface area contributed by atoms with E-state index >= 15 is 0 Å². The number of alkyl halides is 2. The van der Waals surface area contributed by atoms with Crippen molar-refractivity contribution in [2.24, 2.45) is 4.99 Å². The van der Waals surface area contributed by atoms with Crippen molar-refractivity contribution in [2.75, 3.05) is 26.4 Å². The van der Waals surface area contributed by atoms with E-state index in [0.29, 0.717) is 42.7 Å². The molecule has 0 atom stereocenters. The molecule has 1 saturated heterocycles. The molecule has 1 aliphatic rings. The van der Waals surface area contributed by atoms with E-state index in [2.05, 4.69) is 18.3 Å². The Morgan fingerprint density at radius 1 is 1.11 bits per heavy atom. The van der Waals surface area contributed by atoms with Crippen molar-refractivity contribution >= 4 is 35.8 Å². The number of halogens is 2. The van der Waals surface area contributed by atoms with E-state index in [9.17, 15) is 23.2 Å². The third-order valence-corrected chi connectivity index (χ3v) is 6.63. The van der Waals surface area contributed by atoms with Crippen LogP contribution >= 0.6 is 0 Å². The number of aromatic nitrogens is 2.